The maximum absolute atomic E-state index is 5.79. The molecule has 0 aromatic rings. The average molecular weight is 228 g/mol. The third kappa shape index (κ3) is 2.51. The Labute approximate surface area is 98.0 Å². The first-order chi connectivity index (χ1) is 7.22. The largest absolute Gasteiger partial charge is 0.330 e. The van der Waals surface area contributed by atoms with E-state index < -0.39 is 0 Å². The van der Waals surface area contributed by atoms with Gasteiger partial charge in [-0.15, -0.1) is 0 Å². The van der Waals surface area contributed by atoms with Gasteiger partial charge in [0.1, 0.15) is 0 Å². The lowest BCUT2D eigenvalue weighted by Crippen LogP contribution is -2.45. The van der Waals surface area contributed by atoms with E-state index >= 15 is 0 Å². The zero-order chi connectivity index (χ0) is 10.8. The molecule has 15 heavy (non-hydrogen) atoms. The van der Waals surface area contributed by atoms with Crippen molar-refractivity contribution in [2.75, 3.05) is 18.8 Å². The predicted octanol–water partition coefficient (Wildman–Crippen LogP) is 1.94. The molecular weight excluding hydrogens is 204 g/mol. The van der Waals surface area contributed by atoms with Crippen LogP contribution in [0.15, 0.2) is 0 Å². The Hall–Kier alpha value is 0.270. The summed E-state index contributed by atoms with van der Waals surface area (Å²) >= 11 is 2.15. The average Bonchev–Trinajstić information content (AvgIpc) is 2.60. The van der Waals surface area contributed by atoms with Gasteiger partial charge in [-0.25, -0.2) is 0 Å². The Morgan fingerprint density at radius 1 is 1.40 bits per heavy atom. The number of likely N-dealkylation sites (tertiary alicyclic amines) is 1. The highest BCUT2D eigenvalue weighted by Crippen LogP contribution is 2.34. The molecule has 2 aliphatic heterocycles. The molecule has 3 heteroatoms. The van der Waals surface area contributed by atoms with Crippen LogP contribution in [0.2, 0.25) is 0 Å². The quantitative estimate of drug-likeness (QED) is 0.783. The molecule has 0 aromatic carbocycles. The fourth-order valence-corrected chi connectivity index (χ4v) is 4.37. The van der Waals surface area contributed by atoms with Crippen molar-refractivity contribution in [3.05, 3.63) is 0 Å². The molecule has 2 rings (SSSR count). The second kappa shape index (κ2) is 5.07. The molecule has 0 bridgehead atoms. The van der Waals surface area contributed by atoms with Crippen molar-refractivity contribution in [1.29, 1.82) is 0 Å². The highest BCUT2D eigenvalue weighted by molar-refractivity contribution is 7.99. The lowest BCUT2D eigenvalue weighted by molar-refractivity contribution is 0.172. The van der Waals surface area contributed by atoms with Gasteiger partial charge in [0.05, 0.1) is 0 Å². The van der Waals surface area contributed by atoms with E-state index in [1.54, 1.807) is 0 Å². The third-order valence-corrected chi connectivity index (χ3v) is 5.40. The number of nitrogens with zero attached hydrogens (tertiary/aromatic N) is 1. The van der Waals surface area contributed by atoms with Crippen molar-refractivity contribution in [1.82, 2.24) is 4.90 Å². The fraction of sp³-hybridized carbons (Fsp3) is 1.00. The Kier molecular flexibility index (Phi) is 3.97. The van der Waals surface area contributed by atoms with Crippen LogP contribution in [-0.4, -0.2) is 41.1 Å². The molecule has 88 valence electrons. The first-order valence-corrected chi connectivity index (χ1v) is 7.34. The smallest absolute Gasteiger partial charge is 0.0215 e. The second-order valence-electron chi connectivity index (χ2n) is 5.17. The molecule has 0 aliphatic carbocycles. The Morgan fingerprint density at radius 2 is 2.20 bits per heavy atom. The van der Waals surface area contributed by atoms with Crippen molar-refractivity contribution < 1.29 is 0 Å². The summed E-state index contributed by atoms with van der Waals surface area (Å²) in [5.41, 5.74) is 5.79. The topological polar surface area (TPSA) is 29.3 Å². The Bertz CT molecular complexity index is 210. The maximum Gasteiger partial charge on any atom is 0.0215 e. The molecule has 0 radical (unpaired) electrons. The molecule has 2 nitrogen and oxygen atoms in total. The second-order valence-corrected chi connectivity index (χ2v) is 6.65. The zero-order valence-corrected chi connectivity index (χ0v) is 10.8. The number of hydrogen-bond acceptors (Lipinski definition) is 3. The molecule has 0 amide bonds. The monoisotopic (exact) mass is 228 g/mol. The SMILES string of the molecule is CC1SCCCC1N1CC(CN)CC1C. The molecule has 0 spiro atoms. The molecule has 2 saturated heterocycles. The Balaban J connectivity index is 1.97. The number of nitrogens with two attached hydrogens (primary N) is 1. The third-order valence-electron chi connectivity index (χ3n) is 4.04. The first kappa shape index (κ1) is 11.7. The summed E-state index contributed by atoms with van der Waals surface area (Å²) in [6.07, 6.45) is 4.11. The summed E-state index contributed by atoms with van der Waals surface area (Å²) in [5, 5.41) is 0.817. The number of hydrogen-bond donors (Lipinski definition) is 1. The van der Waals surface area contributed by atoms with Crippen LogP contribution in [0.5, 0.6) is 0 Å². The Morgan fingerprint density at radius 3 is 2.80 bits per heavy atom. The van der Waals surface area contributed by atoms with Crippen LogP contribution in [0.1, 0.15) is 33.1 Å². The van der Waals surface area contributed by atoms with E-state index in [-0.39, 0.29) is 0 Å². The van der Waals surface area contributed by atoms with Gasteiger partial charge in [0.2, 0.25) is 0 Å². The summed E-state index contributed by atoms with van der Waals surface area (Å²) in [6, 6.07) is 1.57. The van der Waals surface area contributed by atoms with E-state index in [0.717, 1.165) is 29.8 Å². The van der Waals surface area contributed by atoms with Gasteiger partial charge in [0, 0.05) is 23.9 Å². The number of thioether (sulfide) groups is 1. The van der Waals surface area contributed by atoms with Crippen LogP contribution in [0.25, 0.3) is 0 Å². The fourth-order valence-electron chi connectivity index (χ4n) is 3.15. The van der Waals surface area contributed by atoms with Crippen LogP contribution >= 0.6 is 11.8 Å². The van der Waals surface area contributed by atoms with Crippen LogP contribution < -0.4 is 5.73 Å². The van der Waals surface area contributed by atoms with Crippen LogP contribution in [0, 0.1) is 5.92 Å². The van der Waals surface area contributed by atoms with Crippen molar-refractivity contribution in [2.45, 2.75) is 50.4 Å². The molecule has 0 aromatic heterocycles. The molecule has 2 N–H and O–H groups in total. The minimum Gasteiger partial charge on any atom is -0.330 e. The summed E-state index contributed by atoms with van der Waals surface area (Å²) in [6.45, 7) is 6.89. The van der Waals surface area contributed by atoms with Gasteiger partial charge in [-0.2, -0.15) is 11.8 Å². The standard InChI is InChI=1S/C12H24N2S/c1-9-6-11(7-13)8-14(9)12-4-3-5-15-10(12)2/h9-12H,3-8,13H2,1-2H3. The van der Waals surface area contributed by atoms with Gasteiger partial charge < -0.3 is 5.73 Å². The molecular formula is C12H24N2S. The minimum absolute atomic E-state index is 0.749. The van der Waals surface area contributed by atoms with Crippen LogP contribution in [0.3, 0.4) is 0 Å². The summed E-state index contributed by atoms with van der Waals surface area (Å²) in [7, 11) is 0. The summed E-state index contributed by atoms with van der Waals surface area (Å²) in [4.78, 5) is 2.73. The lowest BCUT2D eigenvalue weighted by atomic mass is 10.1. The van der Waals surface area contributed by atoms with E-state index in [1.807, 2.05) is 0 Å². The highest BCUT2D eigenvalue weighted by Gasteiger charge is 2.36. The van der Waals surface area contributed by atoms with Gasteiger partial charge >= 0.3 is 0 Å². The summed E-state index contributed by atoms with van der Waals surface area (Å²) in [5.74, 6) is 2.11. The van der Waals surface area contributed by atoms with Crippen LogP contribution in [0.4, 0.5) is 0 Å². The van der Waals surface area contributed by atoms with Gasteiger partial charge in [-0.3, -0.25) is 4.90 Å². The van der Waals surface area contributed by atoms with Crippen LogP contribution in [-0.2, 0) is 0 Å². The molecule has 2 heterocycles. The van der Waals surface area contributed by atoms with Crippen molar-refractivity contribution in [3.63, 3.8) is 0 Å². The molecule has 2 aliphatic rings. The van der Waals surface area contributed by atoms with E-state index in [9.17, 15) is 0 Å². The number of rotatable bonds is 2. The van der Waals surface area contributed by atoms with E-state index in [2.05, 4.69) is 30.5 Å². The van der Waals surface area contributed by atoms with Gasteiger partial charge in [0.15, 0.2) is 0 Å². The van der Waals surface area contributed by atoms with Crippen molar-refractivity contribution in [2.24, 2.45) is 11.7 Å². The van der Waals surface area contributed by atoms with E-state index in [4.69, 9.17) is 5.73 Å². The molecule has 4 unspecified atom stereocenters. The maximum atomic E-state index is 5.79. The van der Waals surface area contributed by atoms with Crippen molar-refractivity contribution >= 4 is 11.8 Å². The molecule has 4 atom stereocenters. The van der Waals surface area contributed by atoms with Gasteiger partial charge in [0.25, 0.3) is 0 Å². The molecule has 2 fully saturated rings. The lowest BCUT2D eigenvalue weighted by Gasteiger charge is -2.38. The van der Waals surface area contributed by atoms with Crippen molar-refractivity contribution in [3.8, 4) is 0 Å². The predicted molar refractivity (Wildman–Crippen MR) is 68.3 cm³/mol. The highest BCUT2D eigenvalue weighted by atomic mass is 32.2. The van der Waals surface area contributed by atoms with E-state index in [1.165, 1.54) is 31.6 Å². The van der Waals surface area contributed by atoms with E-state index in [0.29, 0.717) is 0 Å². The van der Waals surface area contributed by atoms with Gasteiger partial charge in [-0.05, 0) is 44.4 Å². The van der Waals surface area contributed by atoms with Gasteiger partial charge in [-0.1, -0.05) is 6.92 Å². The molecule has 0 saturated carbocycles. The first-order valence-electron chi connectivity index (χ1n) is 6.29. The normalized spacial score (nSPS) is 43.4. The zero-order valence-electron chi connectivity index (χ0n) is 9.98. The minimum atomic E-state index is 0.749. The summed E-state index contributed by atoms with van der Waals surface area (Å²) < 4.78 is 0.